The summed E-state index contributed by atoms with van der Waals surface area (Å²) in [6.07, 6.45) is 4.91. The van der Waals surface area contributed by atoms with E-state index < -0.39 is 5.41 Å². The molecule has 0 fully saturated rings. The summed E-state index contributed by atoms with van der Waals surface area (Å²) < 4.78 is 5.30. The summed E-state index contributed by atoms with van der Waals surface area (Å²) in [6.45, 7) is 2.54. The standard InChI is InChI=1S/C21H20N6O2/c1-21(12-28)11-25-19-14(9-22)7-13(8-15(19)21)16-4-6-24-20(26-16)27-17-3-5-23-10-18(17)29-2/h3-8,10,25,28H,11-12H2,1-2H3,(H,23,24,26,27)/t21-/m1/s1. The molecule has 0 aliphatic carbocycles. The Kier molecular flexibility index (Phi) is 4.74. The van der Waals surface area contributed by atoms with Gasteiger partial charge in [0.15, 0.2) is 5.75 Å². The number of nitrogens with one attached hydrogen (secondary N) is 2. The van der Waals surface area contributed by atoms with Crippen molar-refractivity contribution in [1.29, 1.82) is 5.26 Å². The molecule has 3 N–H and O–H groups in total. The van der Waals surface area contributed by atoms with Crippen molar-refractivity contribution in [3.63, 3.8) is 0 Å². The van der Waals surface area contributed by atoms with Gasteiger partial charge in [-0.1, -0.05) is 6.92 Å². The number of fused-ring (bicyclic) bond motifs is 1. The minimum absolute atomic E-state index is 0.0141. The van der Waals surface area contributed by atoms with Gasteiger partial charge in [-0.3, -0.25) is 4.98 Å². The lowest BCUT2D eigenvalue weighted by Gasteiger charge is -2.21. The Morgan fingerprint density at radius 3 is 2.97 bits per heavy atom. The number of hydrogen-bond donors (Lipinski definition) is 3. The van der Waals surface area contributed by atoms with Crippen molar-refractivity contribution in [2.45, 2.75) is 12.3 Å². The van der Waals surface area contributed by atoms with Crippen LogP contribution in [-0.2, 0) is 5.41 Å². The largest absolute Gasteiger partial charge is 0.493 e. The second-order valence-electron chi connectivity index (χ2n) is 7.10. The molecule has 3 aromatic rings. The van der Waals surface area contributed by atoms with Crippen LogP contribution in [0.15, 0.2) is 42.9 Å². The number of ether oxygens (including phenoxy) is 1. The van der Waals surface area contributed by atoms with Gasteiger partial charge in [0.1, 0.15) is 6.07 Å². The van der Waals surface area contributed by atoms with Gasteiger partial charge in [-0.2, -0.15) is 5.26 Å². The van der Waals surface area contributed by atoms with E-state index in [-0.39, 0.29) is 6.61 Å². The van der Waals surface area contributed by atoms with Crippen LogP contribution in [-0.4, -0.2) is 40.3 Å². The van der Waals surface area contributed by atoms with Crippen LogP contribution in [0, 0.1) is 11.3 Å². The lowest BCUT2D eigenvalue weighted by atomic mass is 9.83. The summed E-state index contributed by atoms with van der Waals surface area (Å²) in [5.74, 6) is 0.977. The van der Waals surface area contributed by atoms with Crippen molar-refractivity contribution in [1.82, 2.24) is 15.0 Å². The zero-order valence-corrected chi connectivity index (χ0v) is 16.1. The monoisotopic (exact) mass is 388 g/mol. The molecule has 8 nitrogen and oxygen atoms in total. The fourth-order valence-corrected chi connectivity index (χ4v) is 3.41. The van der Waals surface area contributed by atoms with Crippen LogP contribution in [0.5, 0.6) is 5.75 Å². The Labute approximate surface area is 168 Å². The van der Waals surface area contributed by atoms with E-state index in [2.05, 4.69) is 31.7 Å². The highest BCUT2D eigenvalue weighted by Gasteiger charge is 2.35. The molecule has 0 amide bonds. The Bertz CT molecular complexity index is 1110. The number of nitrogens with zero attached hydrogens (tertiary/aromatic N) is 4. The number of pyridine rings is 1. The van der Waals surface area contributed by atoms with Crippen LogP contribution >= 0.6 is 0 Å². The van der Waals surface area contributed by atoms with Gasteiger partial charge in [-0.15, -0.1) is 0 Å². The molecule has 8 heteroatoms. The molecule has 0 radical (unpaired) electrons. The van der Waals surface area contributed by atoms with Crippen molar-refractivity contribution in [2.75, 3.05) is 30.9 Å². The number of aliphatic hydroxyl groups is 1. The summed E-state index contributed by atoms with van der Waals surface area (Å²) >= 11 is 0. The molecule has 1 aliphatic heterocycles. The van der Waals surface area contributed by atoms with E-state index in [4.69, 9.17) is 4.74 Å². The minimum atomic E-state index is -0.449. The van der Waals surface area contributed by atoms with Crippen molar-refractivity contribution in [2.24, 2.45) is 0 Å². The first kappa shape index (κ1) is 18.7. The number of anilines is 3. The van der Waals surface area contributed by atoms with E-state index in [1.165, 1.54) is 0 Å². The third kappa shape index (κ3) is 3.32. The van der Waals surface area contributed by atoms with Crippen LogP contribution < -0.4 is 15.4 Å². The van der Waals surface area contributed by atoms with E-state index in [0.717, 1.165) is 16.8 Å². The summed E-state index contributed by atoms with van der Waals surface area (Å²) in [5.41, 5.74) is 3.93. The highest BCUT2D eigenvalue weighted by atomic mass is 16.5. The number of rotatable bonds is 5. The normalized spacial score (nSPS) is 17.2. The Morgan fingerprint density at radius 2 is 2.21 bits per heavy atom. The van der Waals surface area contributed by atoms with Gasteiger partial charge in [0.05, 0.1) is 42.5 Å². The fourth-order valence-electron chi connectivity index (χ4n) is 3.41. The summed E-state index contributed by atoms with van der Waals surface area (Å²) in [6, 6.07) is 9.58. The van der Waals surface area contributed by atoms with E-state index in [1.54, 1.807) is 43.9 Å². The van der Waals surface area contributed by atoms with Gasteiger partial charge >= 0.3 is 0 Å². The maximum atomic E-state index is 9.88. The van der Waals surface area contributed by atoms with Crippen molar-refractivity contribution in [3.05, 3.63) is 54.0 Å². The molecule has 1 atom stereocenters. The van der Waals surface area contributed by atoms with Crippen LogP contribution in [0.25, 0.3) is 11.3 Å². The topological polar surface area (TPSA) is 116 Å². The number of hydrogen-bond acceptors (Lipinski definition) is 8. The zero-order valence-electron chi connectivity index (χ0n) is 16.1. The minimum Gasteiger partial charge on any atom is -0.493 e. The molecular weight excluding hydrogens is 368 g/mol. The first-order valence-electron chi connectivity index (χ1n) is 9.10. The Balaban J connectivity index is 1.74. The van der Waals surface area contributed by atoms with Crippen LogP contribution in [0.4, 0.5) is 17.3 Å². The molecule has 146 valence electrons. The maximum absolute atomic E-state index is 9.88. The maximum Gasteiger partial charge on any atom is 0.227 e. The molecular formula is C21H20N6O2. The summed E-state index contributed by atoms with van der Waals surface area (Å²) in [5, 5.41) is 25.9. The van der Waals surface area contributed by atoms with Crippen molar-refractivity contribution >= 4 is 17.3 Å². The average molecular weight is 388 g/mol. The van der Waals surface area contributed by atoms with Gasteiger partial charge in [-0.05, 0) is 29.8 Å². The van der Waals surface area contributed by atoms with Gasteiger partial charge in [0.2, 0.25) is 5.95 Å². The molecule has 29 heavy (non-hydrogen) atoms. The molecule has 1 aliphatic rings. The SMILES string of the molecule is COc1cnccc1Nc1nccc(-c2cc(C#N)c3c(c2)[C@@](C)(CO)CN3)n1. The second kappa shape index (κ2) is 7.37. The molecule has 2 aromatic heterocycles. The Morgan fingerprint density at radius 1 is 1.34 bits per heavy atom. The van der Waals surface area contributed by atoms with Crippen LogP contribution in [0.3, 0.4) is 0 Å². The second-order valence-corrected chi connectivity index (χ2v) is 7.10. The summed E-state index contributed by atoms with van der Waals surface area (Å²) in [4.78, 5) is 12.9. The third-order valence-corrected chi connectivity index (χ3v) is 5.12. The average Bonchev–Trinajstić information content (AvgIpc) is 3.11. The summed E-state index contributed by atoms with van der Waals surface area (Å²) in [7, 11) is 1.57. The quantitative estimate of drug-likeness (QED) is 0.611. The van der Waals surface area contributed by atoms with Gasteiger partial charge in [0, 0.05) is 29.9 Å². The molecule has 0 saturated carbocycles. The highest BCUT2D eigenvalue weighted by Crippen LogP contribution is 2.41. The van der Waals surface area contributed by atoms with Gasteiger partial charge in [-0.25, -0.2) is 9.97 Å². The van der Waals surface area contributed by atoms with E-state index in [0.29, 0.717) is 35.2 Å². The first-order chi connectivity index (χ1) is 14.1. The third-order valence-electron chi connectivity index (χ3n) is 5.12. The molecule has 3 heterocycles. The van der Waals surface area contributed by atoms with E-state index in [9.17, 15) is 10.4 Å². The molecule has 0 unspecified atom stereocenters. The number of methoxy groups -OCH3 is 1. The van der Waals surface area contributed by atoms with Crippen LogP contribution in [0.2, 0.25) is 0 Å². The van der Waals surface area contributed by atoms with E-state index >= 15 is 0 Å². The lowest BCUT2D eigenvalue weighted by Crippen LogP contribution is -2.28. The number of benzene rings is 1. The van der Waals surface area contributed by atoms with E-state index in [1.807, 2.05) is 13.0 Å². The van der Waals surface area contributed by atoms with Gasteiger partial charge < -0.3 is 20.5 Å². The van der Waals surface area contributed by atoms with Crippen LogP contribution in [0.1, 0.15) is 18.1 Å². The predicted octanol–water partition coefficient (Wildman–Crippen LogP) is 2.84. The van der Waals surface area contributed by atoms with Crippen molar-refractivity contribution in [3.8, 4) is 23.1 Å². The number of nitriles is 1. The van der Waals surface area contributed by atoms with Crippen molar-refractivity contribution < 1.29 is 9.84 Å². The Hall–Kier alpha value is -3.70. The lowest BCUT2D eigenvalue weighted by molar-refractivity contribution is 0.219. The molecule has 0 spiro atoms. The molecule has 0 bridgehead atoms. The predicted molar refractivity (Wildman–Crippen MR) is 109 cm³/mol. The molecule has 1 aromatic carbocycles. The number of aromatic nitrogens is 3. The molecule has 0 saturated heterocycles. The zero-order chi connectivity index (χ0) is 20.4. The highest BCUT2D eigenvalue weighted by molar-refractivity contribution is 5.76. The molecule has 4 rings (SSSR count). The fraction of sp³-hybridized carbons (Fsp3) is 0.238. The van der Waals surface area contributed by atoms with Gasteiger partial charge in [0.25, 0.3) is 0 Å². The first-order valence-corrected chi connectivity index (χ1v) is 9.10. The smallest absolute Gasteiger partial charge is 0.227 e. The number of aliphatic hydroxyl groups excluding tert-OH is 1.